The summed E-state index contributed by atoms with van der Waals surface area (Å²) < 4.78 is 5.43. The number of nitrogens with zero attached hydrogens (tertiary/aromatic N) is 1. The molecule has 1 aromatic carbocycles. The number of hydrogen-bond acceptors (Lipinski definition) is 4. The molecule has 0 atom stereocenters. The monoisotopic (exact) mass is 259 g/mol. The van der Waals surface area contributed by atoms with E-state index in [1.807, 2.05) is 12.1 Å². The molecule has 1 heterocycles. The van der Waals surface area contributed by atoms with Gasteiger partial charge in [-0.3, -0.25) is 4.79 Å². The number of nitrogens with two attached hydrogens (primary N) is 1. The Morgan fingerprint density at radius 1 is 1.32 bits per heavy atom. The molecular weight excluding hydrogens is 242 g/mol. The Bertz CT molecular complexity index is 579. The molecule has 0 saturated heterocycles. The third-order valence-corrected chi connectivity index (χ3v) is 2.63. The number of benzene rings is 1. The lowest BCUT2D eigenvalue weighted by molar-refractivity contribution is -0.120. The molecule has 0 unspecified atom stereocenters. The second kappa shape index (κ2) is 4.85. The van der Waals surface area contributed by atoms with Crippen LogP contribution in [0.2, 0.25) is 0 Å². The smallest absolute Gasteiger partial charge is 0.243 e. The molecular formula is C14H17N3O2. The number of hydrogen-bond donors (Lipinski definition) is 2. The van der Waals surface area contributed by atoms with E-state index in [0.29, 0.717) is 17.3 Å². The fourth-order valence-electron chi connectivity index (χ4n) is 1.50. The predicted molar refractivity (Wildman–Crippen MR) is 73.6 cm³/mol. The molecule has 5 heteroatoms. The molecule has 19 heavy (non-hydrogen) atoms. The normalized spacial score (nSPS) is 11.4. The average molecular weight is 259 g/mol. The van der Waals surface area contributed by atoms with Crippen molar-refractivity contribution in [2.45, 2.75) is 26.3 Å². The fraction of sp³-hybridized carbons (Fsp3) is 0.286. The van der Waals surface area contributed by atoms with E-state index in [9.17, 15) is 4.79 Å². The Morgan fingerprint density at radius 3 is 2.42 bits per heavy atom. The van der Waals surface area contributed by atoms with Gasteiger partial charge in [0, 0.05) is 18.2 Å². The van der Waals surface area contributed by atoms with Crippen molar-refractivity contribution in [2.75, 3.05) is 5.32 Å². The highest BCUT2D eigenvalue weighted by Gasteiger charge is 2.21. The van der Waals surface area contributed by atoms with Crippen LogP contribution in [-0.2, 0) is 4.79 Å². The van der Waals surface area contributed by atoms with Crippen LogP contribution in [0.4, 0.5) is 5.69 Å². The molecule has 0 aliphatic heterocycles. The van der Waals surface area contributed by atoms with Crippen LogP contribution in [-0.4, -0.2) is 16.4 Å². The number of carbonyl (C=O) groups excluding carboxylic acids is 1. The van der Waals surface area contributed by atoms with Gasteiger partial charge in [-0.2, -0.15) is 0 Å². The number of aromatic nitrogens is 1. The molecule has 1 amide bonds. The van der Waals surface area contributed by atoms with Gasteiger partial charge >= 0.3 is 0 Å². The van der Waals surface area contributed by atoms with E-state index in [4.69, 9.17) is 10.2 Å². The third-order valence-electron chi connectivity index (χ3n) is 2.63. The van der Waals surface area contributed by atoms with E-state index in [1.165, 1.54) is 0 Å². The van der Waals surface area contributed by atoms with Gasteiger partial charge in [-0.05, 0) is 38.1 Å². The second-order valence-corrected chi connectivity index (χ2v) is 5.00. The zero-order valence-corrected chi connectivity index (χ0v) is 11.2. The quantitative estimate of drug-likeness (QED) is 0.886. The number of nitrogens with one attached hydrogen (secondary N) is 1. The Hall–Kier alpha value is -2.14. The van der Waals surface area contributed by atoms with Crippen molar-refractivity contribution in [3.8, 4) is 11.3 Å². The van der Waals surface area contributed by atoms with Gasteiger partial charge in [0.1, 0.15) is 0 Å². The van der Waals surface area contributed by atoms with Gasteiger partial charge in [0.2, 0.25) is 5.91 Å². The summed E-state index contributed by atoms with van der Waals surface area (Å²) in [7, 11) is 0. The molecule has 2 aromatic rings. The number of amides is 1. The van der Waals surface area contributed by atoms with Crippen molar-refractivity contribution in [2.24, 2.45) is 5.73 Å². The summed E-state index contributed by atoms with van der Waals surface area (Å²) in [6.45, 7) is 5.11. The molecule has 0 fully saturated rings. The summed E-state index contributed by atoms with van der Waals surface area (Å²) in [5.74, 6) is 1.10. The van der Waals surface area contributed by atoms with Crippen molar-refractivity contribution in [1.82, 2.24) is 4.98 Å². The van der Waals surface area contributed by atoms with Gasteiger partial charge in [0.25, 0.3) is 0 Å². The summed E-state index contributed by atoms with van der Waals surface area (Å²) in [6.07, 6.45) is 1.67. The topological polar surface area (TPSA) is 81.2 Å². The van der Waals surface area contributed by atoms with Crippen LogP contribution in [0.15, 0.2) is 34.9 Å². The molecule has 0 spiro atoms. The second-order valence-electron chi connectivity index (χ2n) is 5.00. The zero-order chi connectivity index (χ0) is 14.0. The summed E-state index contributed by atoms with van der Waals surface area (Å²) in [6, 6.07) is 7.33. The van der Waals surface area contributed by atoms with Gasteiger partial charge in [-0.1, -0.05) is 0 Å². The Morgan fingerprint density at radius 2 is 1.95 bits per heavy atom. The lowest BCUT2D eigenvalue weighted by Gasteiger charge is -2.17. The van der Waals surface area contributed by atoms with Gasteiger partial charge in [0.15, 0.2) is 11.7 Å². The molecule has 1 aromatic heterocycles. The molecule has 3 N–H and O–H groups in total. The van der Waals surface area contributed by atoms with Crippen LogP contribution in [0.1, 0.15) is 19.7 Å². The molecule has 100 valence electrons. The first kappa shape index (κ1) is 13.3. The highest BCUT2D eigenvalue weighted by atomic mass is 16.4. The largest absolute Gasteiger partial charge is 0.441 e. The standard InChI is InChI=1S/C14H17N3O2/c1-9-16-8-12(19-9)10-4-6-11(7-5-10)17-13(18)14(2,3)15/h4-8H,15H2,1-3H3,(H,17,18). The Balaban J connectivity index is 2.13. The van der Waals surface area contributed by atoms with Crippen LogP contribution in [0.3, 0.4) is 0 Å². The number of anilines is 1. The van der Waals surface area contributed by atoms with E-state index in [0.717, 1.165) is 5.56 Å². The third kappa shape index (κ3) is 3.20. The van der Waals surface area contributed by atoms with Crippen LogP contribution in [0.5, 0.6) is 0 Å². The summed E-state index contributed by atoms with van der Waals surface area (Å²) >= 11 is 0. The average Bonchev–Trinajstić information content (AvgIpc) is 2.75. The number of rotatable bonds is 3. The molecule has 0 bridgehead atoms. The van der Waals surface area contributed by atoms with Gasteiger partial charge < -0.3 is 15.5 Å². The van der Waals surface area contributed by atoms with E-state index >= 15 is 0 Å². The maximum Gasteiger partial charge on any atom is 0.243 e. The minimum atomic E-state index is -0.902. The van der Waals surface area contributed by atoms with Gasteiger partial charge in [-0.25, -0.2) is 4.98 Å². The van der Waals surface area contributed by atoms with Crippen molar-refractivity contribution < 1.29 is 9.21 Å². The maximum atomic E-state index is 11.7. The van der Waals surface area contributed by atoms with Crippen molar-refractivity contribution in [1.29, 1.82) is 0 Å². The van der Waals surface area contributed by atoms with Crippen LogP contribution in [0, 0.1) is 6.92 Å². The van der Waals surface area contributed by atoms with Crippen molar-refractivity contribution in [3.05, 3.63) is 36.4 Å². The molecule has 5 nitrogen and oxygen atoms in total. The van der Waals surface area contributed by atoms with E-state index in [2.05, 4.69) is 10.3 Å². The van der Waals surface area contributed by atoms with Crippen molar-refractivity contribution in [3.63, 3.8) is 0 Å². The van der Waals surface area contributed by atoms with Crippen molar-refractivity contribution >= 4 is 11.6 Å². The number of oxazole rings is 1. The minimum absolute atomic E-state index is 0.226. The summed E-state index contributed by atoms with van der Waals surface area (Å²) in [5.41, 5.74) is 6.42. The number of carbonyl (C=O) groups is 1. The van der Waals surface area contributed by atoms with E-state index < -0.39 is 5.54 Å². The highest BCUT2D eigenvalue weighted by Crippen LogP contribution is 2.22. The Kier molecular flexibility index (Phi) is 3.40. The van der Waals surface area contributed by atoms with E-state index in [-0.39, 0.29) is 5.91 Å². The fourth-order valence-corrected chi connectivity index (χ4v) is 1.50. The van der Waals surface area contributed by atoms with E-state index in [1.54, 1.807) is 39.1 Å². The summed E-state index contributed by atoms with van der Waals surface area (Å²) in [4.78, 5) is 15.8. The minimum Gasteiger partial charge on any atom is -0.441 e. The van der Waals surface area contributed by atoms with Crippen LogP contribution < -0.4 is 11.1 Å². The SMILES string of the molecule is Cc1ncc(-c2ccc(NC(=O)C(C)(C)N)cc2)o1. The predicted octanol–water partition coefficient (Wildman–Crippen LogP) is 2.33. The lowest BCUT2D eigenvalue weighted by atomic mass is 10.1. The molecule has 0 saturated carbocycles. The molecule has 0 aliphatic carbocycles. The Labute approximate surface area is 111 Å². The van der Waals surface area contributed by atoms with Gasteiger partial charge in [0.05, 0.1) is 11.7 Å². The first-order valence-corrected chi connectivity index (χ1v) is 5.99. The first-order valence-electron chi connectivity index (χ1n) is 5.99. The zero-order valence-electron chi connectivity index (χ0n) is 11.2. The molecule has 0 aliphatic rings. The first-order chi connectivity index (χ1) is 8.86. The lowest BCUT2D eigenvalue weighted by Crippen LogP contribution is -2.45. The highest BCUT2D eigenvalue weighted by molar-refractivity contribution is 5.97. The maximum absolute atomic E-state index is 11.7. The molecule has 0 radical (unpaired) electrons. The molecule has 2 rings (SSSR count). The summed E-state index contributed by atoms with van der Waals surface area (Å²) in [5, 5.41) is 2.76. The van der Waals surface area contributed by atoms with Crippen LogP contribution in [0.25, 0.3) is 11.3 Å². The number of aryl methyl sites for hydroxylation is 1. The van der Waals surface area contributed by atoms with Gasteiger partial charge in [-0.15, -0.1) is 0 Å². The van der Waals surface area contributed by atoms with Crippen LogP contribution >= 0.6 is 0 Å².